The molecule has 1 aromatic rings. The first kappa shape index (κ1) is 11.7. The predicted octanol–water partition coefficient (Wildman–Crippen LogP) is 2.83. The van der Waals surface area contributed by atoms with E-state index in [4.69, 9.17) is 11.6 Å². The van der Waals surface area contributed by atoms with Crippen molar-refractivity contribution in [1.29, 1.82) is 0 Å². The summed E-state index contributed by atoms with van der Waals surface area (Å²) in [5.74, 6) is -0.218. The first-order valence-corrected chi connectivity index (χ1v) is 5.56. The number of hydrogen-bond donors (Lipinski definition) is 0. The molecule has 74 valence electrons. The lowest BCUT2D eigenvalue weighted by molar-refractivity contribution is 0.102. The van der Waals surface area contributed by atoms with Crippen LogP contribution in [0.5, 0.6) is 0 Å². The van der Waals surface area contributed by atoms with Crippen LogP contribution >= 0.6 is 34.2 Å². The normalized spacial score (nSPS) is 9.93. The molecule has 0 fully saturated rings. The van der Waals surface area contributed by atoms with Gasteiger partial charge in [0.05, 0.1) is 5.88 Å². The van der Waals surface area contributed by atoms with Gasteiger partial charge in [0.25, 0.3) is 0 Å². The molecular weight excluding hydrogens is 314 g/mol. The van der Waals surface area contributed by atoms with Crippen molar-refractivity contribution < 1.29 is 9.59 Å². The second-order valence-corrected chi connectivity index (χ2v) is 4.28. The molecule has 1 rings (SSSR count). The molecular formula is C10H8ClIO2. The molecule has 0 aliphatic rings. The van der Waals surface area contributed by atoms with Crippen molar-refractivity contribution in [2.45, 2.75) is 6.92 Å². The zero-order valence-electron chi connectivity index (χ0n) is 7.51. The van der Waals surface area contributed by atoms with Crippen LogP contribution in [0, 0.1) is 10.5 Å². The minimum Gasteiger partial charge on any atom is -0.298 e. The molecule has 4 heteroatoms. The summed E-state index contributed by atoms with van der Waals surface area (Å²) in [6.07, 6.45) is 0.752. The monoisotopic (exact) mass is 322 g/mol. The Morgan fingerprint density at radius 1 is 1.57 bits per heavy atom. The lowest BCUT2D eigenvalue weighted by Crippen LogP contribution is -2.03. The molecule has 0 atom stereocenters. The minimum absolute atomic E-state index is 0.0581. The fourth-order valence-corrected chi connectivity index (χ4v) is 1.86. The van der Waals surface area contributed by atoms with Gasteiger partial charge in [-0.1, -0.05) is 0 Å². The Hall–Kier alpha value is -0.420. The smallest absolute Gasteiger partial charge is 0.177 e. The molecule has 1 aromatic carbocycles. The fraction of sp³-hybridized carbons (Fsp3) is 0.200. The van der Waals surface area contributed by atoms with Crippen LogP contribution in [0.3, 0.4) is 0 Å². The van der Waals surface area contributed by atoms with Crippen LogP contribution in [0.4, 0.5) is 0 Å². The highest BCUT2D eigenvalue weighted by Crippen LogP contribution is 2.18. The van der Waals surface area contributed by atoms with Gasteiger partial charge in [-0.3, -0.25) is 9.59 Å². The second kappa shape index (κ2) is 4.89. The van der Waals surface area contributed by atoms with Gasteiger partial charge in [-0.15, -0.1) is 11.6 Å². The molecule has 0 bridgehead atoms. The van der Waals surface area contributed by atoms with Crippen molar-refractivity contribution in [3.63, 3.8) is 0 Å². The molecule has 0 spiro atoms. The lowest BCUT2D eigenvalue weighted by atomic mass is 10.0. The Balaban J connectivity index is 3.29. The van der Waals surface area contributed by atoms with Crippen LogP contribution in [-0.4, -0.2) is 17.9 Å². The van der Waals surface area contributed by atoms with Crippen LogP contribution in [0.2, 0.25) is 0 Å². The molecule has 0 amide bonds. The summed E-state index contributed by atoms with van der Waals surface area (Å²) in [5.41, 5.74) is 1.94. The summed E-state index contributed by atoms with van der Waals surface area (Å²) in [4.78, 5) is 22.0. The highest BCUT2D eigenvalue weighted by Gasteiger charge is 2.09. The highest BCUT2D eigenvalue weighted by atomic mass is 127. The first-order valence-electron chi connectivity index (χ1n) is 3.94. The summed E-state index contributed by atoms with van der Waals surface area (Å²) in [5, 5.41) is 0. The molecule has 0 aliphatic heterocycles. The number of halogens is 2. The van der Waals surface area contributed by atoms with E-state index in [1.807, 2.05) is 6.92 Å². The molecule has 0 N–H and O–H groups in total. The SMILES string of the molecule is Cc1c(I)cc(C(=O)CCl)cc1C=O. The Morgan fingerprint density at radius 2 is 2.21 bits per heavy atom. The Kier molecular flexibility index (Phi) is 4.07. The van der Waals surface area contributed by atoms with E-state index < -0.39 is 0 Å². The van der Waals surface area contributed by atoms with Gasteiger partial charge in [-0.05, 0) is 47.2 Å². The number of rotatable bonds is 3. The number of ketones is 1. The van der Waals surface area contributed by atoms with Crippen molar-refractivity contribution in [2.24, 2.45) is 0 Å². The van der Waals surface area contributed by atoms with Gasteiger partial charge in [0.15, 0.2) is 5.78 Å². The maximum atomic E-state index is 11.3. The zero-order valence-corrected chi connectivity index (χ0v) is 10.4. The lowest BCUT2D eigenvalue weighted by Gasteiger charge is -2.04. The minimum atomic E-state index is -0.160. The Labute approximate surface area is 101 Å². The average molecular weight is 323 g/mol. The van der Waals surface area contributed by atoms with E-state index in [0.29, 0.717) is 11.1 Å². The van der Waals surface area contributed by atoms with Gasteiger partial charge in [-0.2, -0.15) is 0 Å². The Bertz CT molecular complexity index is 388. The number of aldehydes is 1. The van der Waals surface area contributed by atoms with Gasteiger partial charge in [0.2, 0.25) is 0 Å². The third kappa shape index (κ3) is 2.33. The van der Waals surface area contributed by atoms with Gasteiger partial charge < -0.3 is 0 Å². The third-order valence-electron chi connectivity index (χ3n) is 1.95. The standard InChI is InChI=1S/C10H8ClIO2/c1-6-8(5-13)2-7(3-9(6)12)10(14)4-11/h2-3,5H,4H2,1H3. The van der Waals surface area contributed by atoms with Crippen molar-refractivity contribution in [1.82, 2.24) is 0 Å². The van der Waals surface area contributed by atoms with E-state index in [1.54, 1.807) is 12.1 Å². The molecule has 14 heavy (non-hydrogen) atoms. The molecule has 0 saturated carbocycles. The van der Waals surface area contributed by atoms with E-state index in [-0.39, 0.29) is 11.7 Å². The second-order valence-electron chi connectivity index (χ2n) is 2.85. The van der Waals surface area contributed by atoms with Gasteiger partial charge in [-0.25, -0.2) is 0 Å². The fourth-order valence-electron chi connectivity index (χ4n) is 1.06. The van der Waals surface area contributed by atoms with Crippen LogP contribution in [-0.2, 0) is 0 Å². The molecule has 2 nitrogen and oxygen atoms in total. The van der Waals surface area contributed by atoms with E-state index in [2.05, 4.69) is 22.6 Å². The summed E-state index contributed by atoms with van der Waals surface area (Å²) in [6, 6.07) is 3.32. The summed E-state index contributed by atoms with van der Waals surface area (Å²) >= 11 is 7.53. The summed E-state index contributed by atoms with van der Waals surface area (Å²) in [7, 11) is 0. The number of carbonyl (C=O) groups excluding carboxylic acids is 2. The average Bonchev–Trinajstić information content (AvgIpc) is 2.20. The molecule has 0 aromatic heterocycles. The van der Waals surface area contributed by atoms with Crippen molar-refractivity contribution in [3.8, 4) is 0 Å². The van der Waals surface area contributed by atoms with Crippen molar-refractivity contribution >= 4 is 46.3 Å². The quantitative estimate of drug-likeness (QED) is 0.371. The van der Waals surface area contributed by atoms with Gasteiger partial charge in [0, 0.05) is 14.7 Å². The molecule has 0 aliphatic carbocycles. The number of benzene rings is 1. The molecule has 0 unspecified atom stereocenters. The Morgan fingerprint density at radius 3 is 2.71 bits per heavy atom. The van der Waals surface area contributed by atoms with E-state index in [0.717, 1.165) is 15.4 Å². The number of hydrogen-bond acceptors (Lipinski definition) is 2. The van der Waals surface area contributed by atoms with E-state index in [9.17, 15) is 9.59 Å². The van der Waals surface area contributed by atoms with Crippen LogP contribution < -0.4 is 0 Å². The topological polar surface area (TPSA) is 34.1 Å². The largest absolute Gasteiger partial charge is 0.298 e. The first-order chi connectivity index (χ1) is 6.60. The third-order valence-corrected chi connectivity index (χ3v) is 3.32. The van der Waals surface area contributed by atoms with Crippen LogP contribution in [0.15, 0.2) is 12.1 Å². The maximum Gasteiger partial charge on any atom is 0.177 e. The highest BCUT2D eigenvalue weighted by molar-refractivity contribution is 14.1. The van der Waals surface area contributed by atoms with E-state index >= 15 is 0 Å². The van der Waals surface area contributed by atoms with Gasteiger partial charge in [0.1, 0.15) is 6.29 Å². The molecule has 0 heterocycles. The predicted molar refractivity (Wildman–Crippen MR) is 64.3 cm³/mol. The van der Waals surface area contributed by atoms with Gasteiger partial charge >= 0.3 is 0 Å². The maximum absolute atomic E-state index is 11.3. The summed E-state index contributed by atoms with van der Waals surface area (Å²) in [6.45, 7) is 1.85. The van der Waals surface area contributed by atoms with Crippen molar-refractivity contribution in [2.75, 3.05) is 5.88 Å². The zero-order chi connectivity index (χ0) is 10.7. The van der Waals surface area contributed by atoms with Crippen LogP contribution in [0.25, 0.3) is 0 Å². The number of carbonyl (C=O) groups is 2. The number of alkyl halides is 1. The van der Waals surface area contributed by atoms with Crippen molar-refractivity contribution in [3.05, 3.63) is 32.4 Å². The summed E-state index contributed by atoms with van der Waals surface area (Å²) < 4.78 is 0.903. The molecule has 0 saturated heterocycles. The molecule has 0 radical (unpaired) electrons. The van der Waals surface area contributed by atoms with Crippen LogP contribution in [0.1, 0.15) is 26.3 Å². The number of Topliss-reactive ketones (excluding diaryl/α,β-unsaturated/α-hetero) is 1. The van der Waals surface area contributed by atoms with E-state index in [1.165, 1.54) is 0 Å².